The second-order valence-electron chi connectivity index (χ2n) is 8.95. The molecule has 5 rings (SSSR count). The van der Waals surface area contributed by atoms with Crippen molar-refractivity contribution in [3.8, 4) is 39.4 Å². The number of alkyl halides is 3. The van der Waals surface area contributed by atoms with Crippen LogP contribution in [0.5, 0.6) is 0 Å². The number of benzene rings is 3. The summed E-state index contributed by atoms with van der Waals surface area (Å²) < 4.78 is 69.4. The molecule has 0 fully saturated rings. The van der Waals surface area contributed by atoms with Gasteiger partial charge in [0.1, 0.15) is 11.5 Å². The van der Waals surface area contributed by atoms with E-state index < -0.39 is 23.0 Å². The molecule has 0 spiro atoms. The zero-order valence-electron chi connectivity index (χ0n) is 21.1. The Morgan fingerprint density at radius 2 is 1.67 bits per heavy atom. The highest BCUT2D eigenvalue weighted by atomic mass is 32.2. The summed E-state index contributed by atoms with van der Waals surface area (Å²) in [7, 11) is 0. The van der Waals surface area contributed by atoms with Crippen molar-refractivity contribution in [1.29, 1.82) is 0 Å². The fraction of sp³-hybridized carbons (Fsp3) is 0.172. The van der Waals surface area contributed by atoms with E-state index in [0.29, 0.717) is 46.1 Å². The molecule has 5 aromatic rings. The van der Waals surface area contributed by atoms with Gasteiger partial charge in [0.15, 0.2) is 28.4 Å². The number of halogens is 3. The average Bonchev–Trinajstić information content (AvgIpc) is 3.53. The predicted octanol–water partition coefficient (Wildman–Crippen LogP) is 7.72. The van der Waals surface area contributed by atoms with Crippen molar-refractivity contribution < 1.29 is 26.4 Å². The molecule has 1 unspecified atom stereocenters. The number of aryl methyl sites for hydroxylation is 2. The van der Waals surface area contributed by atoms with E-state index in [9.17, 15) is 21.9 Å². The van der Waals surface area contributed by atoms with Crippen LogP contribution in [0.25, 0.3) is 39.4 Å². The first-order valence-corrected chi connectivity index (χ1v) is 13.3. The maximum Gasteiger partial charge on any atom is 0.434 e. The largest absolute Gasteiger partial charge is 0.440 e. The molecule has 0 bridgehead atoms. The molecule has 0 radical (unpaired) electrons. The standard InChI is InChI=1S/C29H24F3N3O3S/c1-3-8-26-34-27(28(38-26)19-9-5-4-6-10-19)23-16-21(20-11-7-12-22(15-20)39(36)37)13-14-24(23)35-17-25(29(30,31)32)33-18(35)2/h4-7,9-17H,3,8H2,1-2H3,(H,36,37). The second-order valence-corrected chi connectivity index (χ2v) is 9.92. The molecule has 39 heavy (non-hydrogen) atoms. The van der Waals surface area contributed by atoms with Crippen LogP contribution in [0.15, 0.2) is 88.3 Å². The van der Waals surface area contributed by atoms with E-state index in [0.717, 1.165) is 18.2 Å². The minimum atomic E-state index is -4.60. The molecule has 0 aliphatic rings. The molecule has 0 aliphatic heterocycles. The first-order chi connectivity index (χ1) is 18.7. The Bertz CT molecular complexity index is 1660. The van der Waals surface area contributed by atoms with E-state index in [4.69, 9.17) is 9.40 Å². The van der Waals surface area contributed by atoms with Gasteiger partial charge in [-0.25, -0.2) is 14.2 Å². The van der Waals surface area contributed by atoms with Gasteiger partial charge in [-0.3, -0.25) is 0 Å². The summed E-state index contributed by atoms with van der Waals surface area (Å²) in [5.41, 5.74) is 2.58. The maximum absolute atomic E-state index is 13.5. The molecule has 200 valence electrons. The number of oxazole rings is 1. The molecular formula is C29H24F3N3O3S. The maximum atomic E-state index is 13.5. The van der Waals surface area contributed by atoms with Crippen molar-refractivity contribution in [1.82, 2.24) is 14.5 Å². The number of hydrogen-bond acceptors (Lipinski definition) is 4. The van der Waals surface area contributed by atoms with Crippen LogP contribution in [-0.4, -0.2) is 23.3 Å². The van der Waals surface area contributed by atoms with E-state index in [1.54, 1.807) is 36.4 Å². The predicted molar refractivity (Wildman–Crippen MR) is 143 cm³/mol. The molecule has 3 aromatic carbocycles. The Morgan fingerprint density at radius 1 is 0.949 bits per heavy atom. The summed E-state index contributed by atoms with van der Waals surface area (Å²) >= 11 is -2.17. The SMILES string of the molecule is CCCc1nc(-c2cc(-c3cccc(S(=O)O)c3)ccc2-n2cc(C(F)(F)F)nc2C)c(-c2ccccc2)o1. The van der Waals surface area contributed by atoms with Crippen molar-refractivity contribution >= 4 is 11.1 Å². The van der Waals surface area contributed by atoms with Gasteiger partial charge in [-0.2, -0.15) is 13.2 Å². The van der Waals surface area contributed by atoms with Crippen molar-refractivity contribution in [2.75, 3.05) is 0 Å². The van der Waals surface area contributed by atoms with Crippen molar-refractivity contribution in [3.05, 3.63) is 96.4 Å². The van der Waals surface area contributed by atoms with Crippen LogP contribution in [0.3, 0.4) is 0 Å². The van der Waals surface area contributed by atoms with E-state index in [2.05, 4.69) is 4.98 Å². The minimum Gasteiger partial charge on any atom is -0.440 e. The van der Waals surface area contributed by atoms with Crippen LogP contribution in [0.4, 0.5) is 13.2 Å². The Hall–Kier alpha value is -4.02. The summed E-state index contributed by atoms with van der Waals surface area (Å²) in [4.78, 5) is 8.77. The van der Waals surface area contributed by atoms with Gasteiger partial charge in [0.25, 0.3) is 0 Å². The lowest BCUT2D eigenvalue weighted by Gasteiger charge is -2.14. The fourth-order valence-corrected chi connectivity index (χ4v) is 4.83. The van der Waals surface area contributed by atoms with E-state index in [1.165, 1.54) is 11.5 Å². The topological polar surface area (TPSA) is 81.1 Å². The Balaban J connectivity index is 1.78. The third kappa shape index (κ3) is 5.43. The van der Waals surface area contributed by atoms with Crippen molar-refractivity contribution in [3.63, 3.8) is 0 Å². The van der Waals surface area contributed by atoms with Gasteiger partial charge in [-0.05, 0) is 48.7 Å². The number of aromatic nitrogens is 3. The lowest BCUT2D eigenvalue weighted by Crippen LogP contribution is -2.05. The van der Waals surface area contributed by atoms with E-state index in [-0.39, 0.29) is 10.7 Å². The third-order valence-corrected chi connectivity index (χ3v) is 6.88. The van der Waals surface area contributed by atoms with Crippen molar-refractivity contribution in [2.45, 2.75) is 37.8 Å². The fourth-order valence-electron chi connectivity index (χ4n) is 4.41. The smallest absolute Gasteiger partial charge is 0.434 e. The van der Waals surface area contributed by atoms with Gasteiger partial charge in [0.2, 0.25) is 0 Å². The number of nitrogens with zero attached hydrogens (tertiary/aromatic N) is 3. The zero-order valence-corrected chi connectivity index (χ0v) is 21.9. The van der Waals surface area contributed by atoms with Gasteiger partial charge in [-0.15, -0.1) is 0 Å². The van der Waals surface area contributed by atoms with E-state index >= 15 is 0 Å². The van der Waals surface area contributed by atoms with Crippen LogP contribution in [0, 0.1) is 6.92 Å². The van der Waals surface area contributed by atoms with Crippen LogP contribution in [0.1, 0.15) is 30.8 Å². The van der Waals surface area contributed by atoms with Gasteiger partial charge in [0.05, 0.1) is 10.6 Å². The Kier molecular flexibility index (Phi) is 7.24. The van der Waals surface area contributed by atoms with Gasteiger partial charge >= 0.3 is 6.18 Å². The molecule has 2 aromatic heterocycles. The van der Waals surface area contributed by atoms with Gasteiger partial charge in [0, 0.05) is 23.7 Å². The zero-order chi connectivity index (χ0) is 27.7. The van der Waals surface area contributed by atoms with Crippen LogP contribution in [0.2, 0.25) is 0 Å². The summed E-state index contributed by atoms with van der Waals surface area (Å²) in [6.45, 7) is 3.51. The van der Waals surface area contributed by atoms with Gasteiger partial charge < -0.3 is 13.5 Å². The average molecular weight is 552 g/mol. The van der Waals surface area contributed by atoms with Crippen LogP contribution in [-0.2, 0) is 23.7 Å². The lowest BCUT2D eigenvalue weighted by molar-refractivity contribution is -0.141. The number of rotatable bonds is 7. The Morgan fingerprint density at radius 3 is 2.33 bits per heavy atom. The quantitative estimate of drug-likeness (QED) is 0.210. The molecule has 0 saturated carbocycles. The highest BCUT2D eigenvalue weighted by Crippen LogP contribution is 2.39. The molecule has 0 aliphatic carbocycles. The summed E-state index contributed by atoms with van der Waals surface area (Å²) in [6, 6.07) is 21.3. The lowest BCUT2D eigenvalue weighted by atomic mass is 9.98. The first kappa shape index (κ1) is 26.6. The van der Waals surface area contributed by atoms with Crippen LogP contribution < -0.4 is 0 Å². The molecule has 10 heteroatoms. The first-order valence-electron chi connectivity index (χ1n) is 12.2. The van der Waals surface area contributed by atoms with Crippen molar-refractivity contribution in [2.24, 2.45) is 0 Å². The summed E-state index contributed by atoms with van der Waals surface area (Å²) in [5.74, 6) is 1.17. The highest BCUT2D eigenvalue weighted by molar-refractivity contribution is 7.79. The molecule has 1 N–H and O–H groups in total. The molecule has 0 saturated heterocycles. The summed E-state index contributed by atoms with van der Waals surface area (Å²) in [5, 5.41) is 0. The van der Waals surface area contributed by atoms with Gasteiger partial charge in [-0.1, -0.05) is 55.5 Å². The van der Waals surface area contributed by atoms with E-state index in [1.807, 2.05) is 43.3 Å². The van der Waals surface area contributed by atoms with Crippen LogP contribution >= 0.6 is 0 Å². The molecule has 0 amide bonds. The molecule has 6 nitrogen and oxygen atoms in total. The molecular weight excluding hydrogens is 527 g/mol. The number of imidazole rings is 1. The number of hydrogen-bond donors (Lipinski definition) is 1. The Labute approximate surface area is 225 Å². The second kappa shape index (κ2) is 10.6. The highest BCUT2D eigenvalue weighted by Gasteiger charge is 2.35. The molecule has 2 heterocycles. The third-order valence-electron chi connectivity index (χ3n) is 6.22. The minimum absolute atomic E-state index is 0.160. The molecule has 1 atom stereocenters. The monoisotopic (exact) mass is 551 g/mol. The summed E-state index contributed by atoms with van der Waals surface area (Å²) in [6.07, 6.45) is -2.25. The normalized spacial score (nSPS) is 12.6.